The number of benzene rings is 9. The fourth-order valence-corrected chi connectivity index (χ4v) is 9.96. The molecule has 4 heterocycles. The molecule has 0 saturated carbocycles. The van der Waals surface area contributed by atoms with Crippen LogP contribution in [0.25, 0.3) is 66.8 Å². The molecule has 4 aliphatic heterocycles. The van der Waals surface area contributed by atoms with Gasteiger partial charge < -0.3 is 31.4 Å². The van der Waals surface area contributed by atoms with Gasteiger partial charge in [-0.2, -0.15) is 6.07 Å². The van der Waals surface area contributed by atoms with Gasteiger partial charge in [0, 0.05) is 67.5 Å². The summed E-state index contributed by atoms with van der Waals surface area (Å²) in [7, 11) is 0. The quantitative estimate of drug-likeness (QED) is 0.164. The fourth-order valence-electron chi connectivity index (χ4n) is 9.96. The van der Waals surface area contributed by atoms with Gasteiger partial charge in [-0.15, -0.1) is 42.9 Å². The number of anilines is 8. The van der Waals surface area contributed by atoms with E-state index >= 15 is 0 Å². The van der Waals surface area contributed by atoms with Crippen LogP contribution in [0.5, 0.6) is 0 Å². The Balaban J connectivity index is 0.00000146. The number of rotatable bonds is 4. The summed E-state index contributed by atoms with van der Waals surface area (Å²) in [4.78, 5) is 9.46. The van der Waals surface area contributed by atoms with Crippen LogP contribution in [0.2, 0.25) is 0 Å². The van der Waals surface area contributed by atoms with Gasteiger partial charge in [-0.3, -0.25) is 0 Å². The monoisotopic (exact) mass is 984 g/mol. The minimum absolute atomic E-state index is 0. The van der Waals surface area contributed by atoms with Crippen molar-refractivity contribution in [2.45, 2.75) is 0 Å². The van der Waals surface area contributed by atoms with Gasteiger partial charge in [-0.1, -0.05) is 170 Å². The normalized spacial score (nSPS) is 13.1. The second kappa shape index (κ2) is 15.4. The Morgan fingerprint density at radius 2 is 0.603 bits per heavy atom. The minimum atomic E-state index is 0. The van der Waals surface area contributed by atoms with E-state index in [2.05, 4.69) is 239 Å². The molecule has 0 saturated heterocycles. The summed E-state index contributed by atoms with van der Waals surface area (Å²) in [6, 6.07) is 76.4. The van der Waals surface area contributed by atoms with Gasteiger partial charge in [0.15, 0.2) is 0 Å². The van der Waals surface area contributed by atoms with E-state index in [1.54, 1.807) is 0 Å². The van der Waals surface area contributed by atoms with E-state index in [4.69, 9.17) is 11.8 Å². The Morgan fingerprint density at radius 3 is 1.00 bits per heavy atom. The van der Waals surface area contributed by atoms with Gasteiger partial charge in [0.25, 0.3) is 0 Å². The molecule has 9 aromatic carbocycles. The predicted octanol–water partition coefficient (Wildman–Crippen LogP) is 15.0. The van der Waals surface area contributed by atoms with Gasteiger partial charge in [-0.25, -0.2) is 0 Å². The van der Waals surface area contributed by atoms with Crippen molar-refractivity contribution in [1.29, 1.82) is 5.26 Å². The molecule has 298 valence electrons. The van der Waals surface area contributed by atoms with Crippen molar-refractivity contribution in [3.8, 4) is 66.8 Å². The minimum Gasteiger partial charge on any atom is -0.512 e. The SMILES string of the molecule is [C-]#N.[Pt+4].[c-]1c(N2[CH-]N3c4c(-c5ccccc5)cccc4-c4ccccc4-c4cccc2c43)cccc1N1[CH-]N2c3c(-c4ccccc4)cccc3-c3ccccc3-c3cccc1c32. The van der Waals surface area contributed by atoms with Crippen LogP contribution in [-0.4, -0.2) is 0 Å². The van der Waals surface area contributed by atoms with Crippen LogP contribution in [0.15, 0.2) is 200 Å². The van der Waals surface area contributed by atoms with Crippen LogP contribution in [0, 0.1) is 31.2 Å². The zero-order valence-electron chi connectivity index (χ0n) is 33.8. The van der Waals surface area contributed by atoms with Crippen molar-refractivity contribution in [2.24, 2.45) is 0 Å². The van der Waals surface area contributed by atoms with Crippen molar-refractivity contribution in [1.82, 2.24) is 0 Å². The molecular weight excluding hydrogens is 950 g/mol. The zero-order chi connectivity index (χ0) is 41.3. The van der Waals surface area contributed by atoms with Crippen LogP contribution in [0.4, 0.5) is 45.5 Å². The summed E-state index contributed by atoms with van der Waals surface area (Å²) in [5.74, 6) is 0. The maximum absolute atomic E-state index is 6.25. The Kier molecular flexibility index (Phi) is 9.34. The van der Waals surface area contributed by atoms with Gasteiger partial charge in [0.1, 0.15) is 0 Å². The Bertz CT molecular complexity index is 3040. The third-order valence-corrected chi connectivity index (χ3v) is 12.5. The fraction of sp³-hybridized carbons (Fsp3) is 0. The Hall–Kier alpha value is -7.64. The van der Waals surface area contributed by atoms with E-state index in [9.17, 15) is 0 Å². The van der Waals surface area contributed by atoms with Crippen LogP contribution in [0.3, 0.4) is 0 Å². The van der Waals surface area contributed by atoms with Gasteiger partial charge >= 0.3 is 21.1 Å². The molecule has 0 unspecified atom stereocenters. The van der Waals surface area contributed by atoms with Crippen molar-refractivity contribution < 1.29 is 21.1 Å². The largest absolute Gasteiger partial charge is 4.00 e. The van der Waals surface area contributed by atoms with E-state index in [1.807, 2.05) is 0 Å². The van der Waals surface area contributed by atoms with Crippen LogP contribution in [0.1, 0.15) is 0 Å². The van der Waals surface area contributed by atoms with Crippen molar-refractivity contribution in [2.75, 3.05) is 19.6 Å². The van der Waals surface area contributed by atoms with Gasteiger partial charge in [0.2, 0.25) is 0 Å². The molecule has 13 rings (SSSR count). The number of fused-ring (bicyclic) bond motifs is 10. The first-order valence-corrected chi connectivity index (χ1v) is 20.7. The molecule has 0 spiro atoms. The summed E-state index contributed by atoms with van der Waals surface area (Å²) in [6.07, 6.45) is 0. The molecule has 0 N–H and O–H groups in total. The van der Waals surface area contributed by atoms with Crippen molar-refractivity contribution >= 4 is 45.5 Å². The summed E-state index contributed by atoms with van der Waals surface area (Å²) in [5, 5.41) is 6.25. The van der Waals surface area contributed by atoms with Gasteiger partial charge in [0.05, 0.1) is 0 Å². The number of hydrogen-bond acceptors (Lipinski definition) is 5. The molecule has 0 radical (unpaired) electrons. The molecule has 9 aromatic rings. The van der Waals surface area contributed by atoms with E-state index < -0.39 is 0 Å². The first-order chi connectivity index (χ1) is 30.8. The molecule has 63 heavy (non-hydrogen) atoms. The maximum Gasteiger partial charge on any atom is 4.00 e. The second-order valence-electron chi connectivity index (χ2n) is 15.7. The molecule has 0 aromatic heterocycles. The van der Waals surface area contributed by atoms with Crippen molar-refractivity contribution in [3.63, 3.8) is 0 Å². The number of nitrogens with zero attached hydrogens (tertiary/aromatic N) is 5. The second-order valence-corrected chi connectivity index (χ2v) is 15.7. The van der Waals surface area contributed by atoms with E-state index in [0.717, 1.165) is 22.7 Å². The van der Waals surface area contributed by atoms with Crippen LogP contribution < -0.4 is 19.6 Å². The van der Waals surface area contributed by atoms with E-state index in [-0.39, 0.29) is 21.1 Å². The molecule has 0 amide bonds. The molecule has 6 heteroatoms. The van der Waals surface area contributed by atoms with Crippen LogP contribution >= 0.6 is 0 Å². The predicted molar refractivity (Wildman–Crippen MR) is 253 cm³/mol. The number of para-hydroxylation sites is 4. The third kappa shape index (κ3) is 5.80. The zero-order valence-corrected chi connectivity index (χ0v) is 36.0. The first-order valence-electron chi connectivity index (χ1n) is 20.7. The molecule has 0 fully saturated rings. The Labute approximate surface area is 382 Å². The van der Waals surface area contributed by atoms with Gasteiger partial charge in [-0.05, 0) is 45.5 Å². The molecular formula is C57H35N5Pt. The molecule has 4 aliphatic rings. The smallest absolute Gasteiger partial charge is 0.512 e. The van der Waals surface area contributed by atoms with Crippen molar-refractivity contribution in [3.05, 3.63) is 226 Å². The third-order valence-electron chi connectivity index (χ3n) is 12.5. The average Bonchev–Trinajstić information content (AvgIpc) is 3.88. The van der Waals surface area contributed by atoms with Crippen LogP contribution in [-0.2, 0) is 21.1 Å². The van der Waals surface area contributed by atoms with E-state index in [1.165, 1.54) is 89.5 Å². The Morgan fingerprint density at radius 1 is 0.302 bits per heavy atom. The molecule has 0 bridgehead atoms. The summed E-state index contributed by atoms with van der Waals surface area (Å²) in [6.45, 7) is 9.29. The topological polar surface area (TPSA) is 36.8 Å². The summed E-state index contributed by atoms with van der Waals surface area (Å²) >= 11 is 0. The summed E-state index contributed by atoms with van der Waals surface area (Å²) < 4.78 is 0. The van der Waals surface area contributed by atoms with E-state index in [0.29, 0.717) is 0 Å². The molecule has 0 atom stereocenters. The standard InChI is InChI=1S/C56H35N4.CN.Pt/c1-3-16-37(17-4-1)41-26-12-28-47-43-22-7-9-24-45(43)49-30-14-32-51-55(49)59(53(41)47)35-57(51)39-20-11-21-40(34-39)58-36-60-54-42(38-18-5-2-6-19-38)27-13-29-48(54)44-23-8-10-25-46(44)50-31-15-33-52(58)56(50)60;1-2;/h1-33,35-36H;;/q-3;-1;+4. The number of hydrogen-bond donors (Lipinski definition) is 0. The maximum atomic E-state index is 6.25. The summed E-state index contributed by atoms with van der Waals surface area (Å²) in [5.41, 5.74) is 23.4. The first kappa shape index (κ1) is 38.3. The molecule has 5 nitrogen and oxygen atoms in total. The average molecular weight is 985 g/mol. The molecule has 0 aliphatic carbocycles.